The minimum atomic E-state index is -3.66. The van der Waals surface area contributed by atoms with E-state index in [9.17, 15) is 13.2 Å². The number of carbonyl (C=O) groups is 1. The van der Waals surface area contributed by atoms with Crippen LogP contribution in [-0.4, -0.2) is 44.9 Å². The molecule has 0 radical (unpaired) electrons. The van der Waals surface area contributed by atoms with E-state index in [1.165, 1.54) is 11.4 Å². The lowest BCUT2D eigenvalue weighted by Gasteiger charge is -2.31. The Hall–Kier alpha value is -1.60. The molecule has 2 rings (SSSR count). The summed E-state index contributed by atoms with van der Waals surface area (Å²) in [4.78, 5) is 12.4. The number of methoxy groups -OCH3 is 1. The van der Waals surface area contributed by atoms with Crippen molar-refractivity contribution in [3.8, 4) is 5.75 Å². The summed E-state index contributed by atoms with van der Waals surface area (Å²) in [5.41, 5.74) is 0.954. The molecule has 7 heteroatoms. The molecule has 0 atom stereocenters. The molecule has 1 N–H and O–H groups in total. The second-order valence-electron chi connectivity index (χ2n) is 7.41. The van der Waals surface area contributed by atoms with Gasteiger partial charge in [-0.25, -0.2) is 8.42 Å². The molecule has 146 valence electrons. The van der Waals surface area contributed by atoms with Gasteiger partial charge in [-0.2, -0.15) is 4.31 Å². The molecule has 0 bridgehead atoms. The van der Waals surface area contributed by atoms with Crippen LogP contribution in [0.1, 0.15) is 52.0 Å². The summed E-state index contributed by atoms with van der Waals surface area (Å²) in [6, 6.07) is 5.40. The first kappa shape index (κ1) is 20.7. The second kappa shape index (κ2) is 8.39. The van der Waals surface area contributed by atoms with Crippen molar-refractivity contribution in [1.29, 1.82) is 0 Å². The summed E-state index contributed by atoms with van der Waals surface area (Å²) >= 11 is 0. The van der Waals surface area contributed by atoms with E-state index in [0.29, 0.717) is 31.7 Å². The predicted octanol–water partition coefficient (Wildman–Crippen LogP) is 2.74. The maximum atomic E-state index is 13.1. The van der Waals surface area contributed by atoms with Crippen LogP contribution in [0, 0.1) is 5.92 Å². The van der Waals surface area contributed by atoms with Gasteiger partial charge in [0.2, 0.25) is 15.9 Å². The van der Waals surface area contributed by atoms with E-state index in [4.69, 9.17) is 4.74 Å². The van der Waals surface area contributed by atoms with Crippen molar-refractivity contribution in [2.24, 2.45) is 5.92 Å². The topological polar surface area (TPSA) is 75.7 Å². The largest absolute Gasteiger partial charge is 0.495 e. The normalized spacial score (nSPS) is 16.9. The summed E-state index contributed by atoms with van der Waals surface area (Å²) in [6.45, 7) is 8.58. The highest BCUT2D eigenvalue weighted by atomic mass is 32.2. The summed E-state index contributed by atoms with van der Waals surface area (Å²) in [5.74, 6) is 0.457. The number of hydrogen-bond acceptors (Lipinski definition) is 4. The van der Waals surface area contributed by atoms with Gasteiger partial charge in [-0.1, -0.05) is 19.9 Å². The molecule has 1 aromatic rings. The second-order valence-corrected chi connectivity index (χ2v) is 9.31. The zero-order valence-corrected chi connectivity index (χ0v) is 17.1. The van der Waals surface area contributed by atoms with Crippen LogP contribution in [0.15, 0.2) is 23.1 Å². The highest BCUT2D eigenvalue weighted by Crippen LogP contribution is 2.32. The van der Waals surface area contributed by atoms with Gasteiger partial charge < -0.3 is 10.1 Å². The van der Waals surface area contributed by atoms with Crippen molar-refractivity contribution in [2.75, 3.05) is 20.2 Å². The number of nitrogens with zero attached hydrogens (tertiary/aromatic N) is 1. The van der Waals surface area contributed by atoms with Gasteiger partial charge in [0.1, 0.15) is 10.6 Å². The number of sulfonamides is 1. The number of hydrogen-bond donors (Lipinski definition) is 1. The van der Waals surface area contributed by atoms with Gasteiger partial charge in [-0.15, -0.1) is 0 Å². The lowest BCUT2D eigenvalue weighted by atomic mass is 9.97. The number of piperidine rings is 1. The molecule has 0 aliphatic carbocycles. The van der Waals surface area contributed by atoms with Crippen molar-refractivity contribution in [3.05, 3.63) is 23.8 Å². The third-order valence-corrected chi connectivity index (χ3v) is 6.65. The lowest BCUT2D eigenvalue weighted by molar-refractivity contribution is -0.126. The van der Waals surface area contributed by atoms with Gasteiger partial charge in [0.25, 0.3) is 0 Å². The average molecular weight is 383 g/mol. The van der Waals surface area contributed by atoms with Crippen LogP contribution < -0.4 is 10.1 Å². The molecular formula is C19H30N2O4S. The van der Waals surface area contributed by atoms with Crippen LogP contribution in [0.4, 0.5) is 0 Å². The van der Waals surface area contributed by atoms with Gasteiger partial charge in [0.15, 0.2) is 0 Å². The SMILES string of the molecule is COc1ccc(C(C)C)cc1S(=O)(=O)N1CCC(C(=O)NC(C)C)CC1. The maximum Gasteiger partial charge on any atom is 0.246 e. The number of nitrogens with one attached hydrogen (secondary N) is 1. The number of ether oxygens (including phenoxy) is 1. The predicted molar refractivity (Wildman–Crippen MR) is 102 cm³/mol. The van der Waals surface area contributed by atoms with E-state index in [-0.39, 0.29) is 28.7 Å². The molecule has 1 aromatic carbocycles. The highest BCUT2D eigenvalue weighted by molar-refractivity contribution is 7.89. The molecular weight excluding hydrogens is 352 g/mol. The van der Waals surface area contributed by atoms with Crippen molar-refractivity contribution in [1.82, 2.24) is 9.62 Å². The Balaban J connectivity index is 2.19. The highest BCUT2D eigenvalue weighted by Gasteiger charge is 2.34. The Kier molecular flexibility index (Phi) is 6.69. The van der Waals surface area contributed by atoms with E-state index in [1.54, 1.807) is 12.1 Å². The van der Waals surface area contributed by atoms with Gasteiger partial charge >= 0.3 is 0 Å². The van der Waals surface area contributed by atoms with Crippen LogP contribution in [0.3, 0.4) is 0 Å². The molecule has 26 heavy (non-hydrogen) atoms. The van der Waals surface area contributed by atoms with Crippen LogP contribution in [0.5, 0.6) is 5.75 Å². The monoisotopic (exact) mass is 382 g/mol. The molecule has 1 aliphatic rings. The summed E-state index contributed by atoms with van der Waals surface area (Å²) in [5, 5.41) is 2.91. The van der Waals surface area contributed by atoms with Gasteiger partial charge in [0, 0.05) is 25.0 Å². The quantitative estimate of drug-likeness (QED) is 0.821. The number of benzene rings is 1. The molecule has 0 spiro atoms. The number of carbonyl (C=O) groups excluding carboxylic acids is 1. The summed E-state index contributed by atoms with van der Waals surface area (Å²) in [7, 11) is -2.18. The van der Waals surface area contributed by atoms with E-state index >= 15 is 0 Å². The van der Waals surface area contributed by atoms with E-state index in [0.717, 1.165) is 5.56 Å². The molecule has 1 heterocycles. The first-order valence-corrected chi connectivity index (χ1v) is 10.6. The molecule has 6 nitrogen and oxygen atoms in total. The fourth-order valence-corrected chi connectivity index (χ4v) is 4.81. The Morgan fingerprint density at radius 3 is 2.31 bits per heavy atom. The van der Waals surface area contributed by atoms with Crippen molar-refractivity contribution in [3.63, 3.8) is 0 Å². The molecule has 0 saturated carbocycles. The first-order chi connectivity index (χ1) is 12.2. The van der Waals surface area contributed by atoms with Gasteiger partial charge in [-0.05, 0) is 50.3 Å². The van der Waals surface area contributed by atoms with Crippen molar-refractivity contribution < 1.29 is 17.9 Å². The standard InChI is InChI=1S/C19H30N2O4S/c1-13(2)16-6-7-17(25-5)18(12-16)26(23,24)21-10-8-15(9-11-21)19(22)20-14(3)4/h6-7,12-15H,8-11H2,1-5H3,(H,20,22). The third-order valence-electron chi connectivity index (χ3n) is 4.73. The third kappa shape index (κ3) is 4.57. The fourth-order valence-electron chi connectivity index (χ4n) is 3.15. The molecule has 1 amide bonds. The van der Waals surface area contributed by atoms with Crippen LogP contribution in [0.2, 0.25) is 0 Å². The van der Waals surface area contributed by atoms with Crippen LogP contribution in [-0.2, 0) is 14.8 Å². The van der Waals surface area contributed by atoms with Gasteiger partial charge in [-0.3, -0.25) is 4.79 Å². The van der Waals surface area contributed by atoms with Gasteiger partial charge in [0.05, 0.1) is 7.11 Å². The minimum absolute atomic E-state index is 0.0106. The van der Waals surface area contributed by atoms with Crippen LogP contribution >= 0.6 is 0 Å². The van der Waals surface area contributed by atoms with E-state index in [2.05, 4.69) is 5.32 Å². The lowest BCUT2D eigenvalue weighted by Crippen LogP contribution is -2.44. The van der Waals surface area contributed by atoms with E-state index in [1.807, 2.05) is 33.8 Å². The minimum Gasteiger partial charge on any atom is -0.495 e. The Labute approximate surface area is 157 Å². The smallest absolute Gasteiger partial charge is 0.246 e. The van der Waals surface area contributed by atoms with Crippen molar-refractivity contribution >= 4 is 15.9 Å². The summed E-state index contributed by atoms with van der Waals surface area (Å²) in [6.07, 6.45) is 1.06. The fraction of sp³-hybridized carbons (Fsp3) is 0.632. The van der Waals surface area contributed by atoms with Crippen LogP contribution in [0.25, 0.3) is 0 Å². The molecule has 0 unspecified atom stereocenters. The Bertz CT molecular complexity index is 736. The van der Waals surface area contributed by atoms with E-state index < -0.39 is 10.0 Å². The number of amides is 1. The Morgan fingerprint density at radius 1 is 1.19 bits per heavy atom. The summed E-state index contributed by atoms with van der Waals surface area (Å²) < 4.78 is 33.0. The molecule has 1 saturated heterocycles. The number of rotatable bonds is 6. The zero-order valence-electron chi connectivity index (χ0n) is 16.3. The van der Waals surface area contributed by atoms with Crippen molar-refractivity contribution in [2.45, 2.75) is 57.4 Å². The average Bonchev–Trinajstić information content (AvgIpc) is 2.60. The zero-order chi connectivity index (χ0) is 19.5. The molecule has 1 fully saturated rings. The molecule has 1 aliphatic heterocycles. The first-order valence-electron chi connectivity index (χ1n) is 9.15. The maximum absolute atomic E-state index is 13.1. The Morgan fingerprint density at radius 2 is 1.81 bits per heavy atom. The molecule has 0 aromatic heterocycles.